The van der Waals surface area contributed by atoms with E-state index >= 15 is 0 Å². The molecule has 7 atom stereocenters. The van der Waals surface area contributed by atoms with Crippen LogP contribution >= 0.6 is 21.6 Å². The molecule has 0 spiro atoms. The predicted molar refractivity (Wildman–Crippen MR) is 415 cm³/mol. The van der Waals surface area contributed by atoms with Crippen LogP contribution in [0.25, 0.3) is 0 Å². The second kappa shape index (κ2) is 43.8. The Morgan fingerprint density at radius 3 is 1.25 bits per heavy atom. The molecule has 0 aromatic heterocycles. The van der Waals surface area contributed by atoms with Gasteiger partial charge in [0.2, 0.25) is 0 Å². The standard InChI is InChI=1S/C84H142N4O9S2/c1-17-62(4)25-19-27-64(6)29-21-31-66(8)32-22-40-83(15)42-38-74-71(13)76(67(9)68(10)81(74)96-83)60-73(89)34-35-77(90)93-56-52-85-44-48-87(49-45-85)54-58-98-99-59-55-88-50-46-86(47-51-88)53-57-94-78(91)36-37-79(92)95-80-69(11)70(12)82-75(72(80)14)39-43-84(16,97-82)41-23-33-65(7)30-20-28-63(5)26-18-24-61(2)3/h61-66H,17-60H2,1-16H3. The Morgan fingerprint density at radius 2 is 0.818 bits per heavy atom. The van der Waals surface area contributed by atoms with Crippen molar-refractivity contribution in [2.75, 3.05) is 103 Å². The molecule has 564 valence electrons. The smallest absolute Gasteiger partial charge is 0.311 e. The van der Waals surface area contributed by atoms with Gasteiger partial charge in [-0.1, -0.05) is 173 Å². The number of Topliss-reactive ketones (excluding diaryl/α,β-unsaturated/α-hetero) is 1. The van der Waals surface area contributed by atoms with Crippen LogP contribution in [-0.2, 0) is 47.9 Å². The summed E-state index contributed by atoms with van der Waals surface area (Å²) < 4.78 is 31.0. The third-order valence-corrected chi connectivity index (χ3v) is 25.9. The summed E-state index contributed by atoms with van der Waals surface area (Å²) in [5.74, 6) is 8.63. The van der Waals surface area contributed by atoms with Gasteiger partial charge in [-0.15, -0.1) is 0 Å². The van der Waals surface area contributed by atoms with Crippen molar-refractivity contribution in [1.29, 1.82) is 0 Å². The lowest BCUT2D eigenvalue weighted by atomic mass is 9.81. The molecule has 6 rings (SSSR count). The highest BCUT2D eigenvalue weighted by Crippen LogP contribution is 2.46. The van der Waals surface area contributed by atoms with E-state index in [9.17, 15) is 19.2 Å². The number of ketones is 1. The minimum Gasteiger partial charge on any atom is -0.487 e. The molecule has 0 N–H and O–H groups in total. The summed E-state index contributed by atoms with van der Waals surface area (Å²) in [5.41, 5.74) is 9.51. The number of esters is 3. The van der Waals surface area contributed by atoms with Crippen LogP contribution in [0, 0.1) is 77.0 Å². The maximum Gasteiger partial charge on any atom is 0.311 e. The van der Waals surface area contributed by atoms with Crippen LogP contribution in [0.5, 0.6) is 17.2 Å². The SMILES string of the molecule is CCC(C)CCCC(C)CCCC(C)CCCC1(C)CCc2c(C)c(CC(=O)CCC(=O)OCCN3CCN(CCSSCCN4CCN(CCOC(=O)CCC(=O)Oc5c(C)c(C)c6c(c5C)CCC(C)(CCCC(C)CCCC(C)CCCC(C)C)O6)CC4)CC3)c(C)c(C)c2O1. The van der Waals surface area contributed by atoms with E-state index in [2.05, 4.69) is 117 Å². The van der Waals surface area contributed by atoms with E-state index in [-0.39, 0.29) is 54.6 Å². The van der Waals surface area contributed by atoms with Crippen LogP contribution in [0.3, 0.4) is 0 Å². The third kappa shape index (κ3) is 29.6. The van der Waals surface area contributed by atoms with Crippen molar-refractivity contribution in [1.82, 2.24) is 19.6 Å². The third-order valence-electron chi connectivity index (χ3n) is 23.6. The van der Waals surface area contributed by atoms with Crippen LogP contribution in [0.4, 0.5) is 0 Å². The molecule has 13 nitrogen and oxygen atoms in total. The minimum absolute atomic E-state index is 0.00114. The number of benzene rings is 2. The first-order valence-corrected chi connectivity index (χ1v) is 42.5. The molecular weight excluding hydrogens is 1270 g/mol. The van der Waals surface area contributed by atoms with Crippen molar-refractivity contribution in [3.63, 3.8) is 0 Å². The summed E-state index contributed by atoms with van der Waals surface area (Å²) >= 11 is 0. The van der Waals surface area contributed by atoms with Gasteiger partial charge >= 0.3 is 17.9 Å². The Kier molecular flexibility index (Phi) is 37.4. The predicted octanol–water partition coefficient (Wildman–Crippen LogP) is 19.0. The molecule has 4 aliphatic heterocycles. The molecule has 99 heavy (non-hydrogen) atoms. The van der Waals surface area contributed by atoms with Crippen molar-refractivity contribution in [3.8, 4) is 17.2 Å². The molecule has 0 radical (unpaired) electrons. The Morgan fingerprint density at radius 1 is 0.444 bits per heavy atom. The molecule has 0 bridgehead atoms. The van der Waals surface area contributed by atoms with E-state index in [0.29, 0.717) is 31.9 Å². The Balaban J connectivity index is 0.740. The Hall–Kier alpha value is -3.34. The number of carbonyl (C=O) groups excluding carboxylic acids is 4. The first-order valence-electron chi connectivity index (χ1n) is 40.0. The zero-order valence-corrected chi connectivity index (χ0v) is 67.5. The second-order valence-electron chi connectivity index (χ2n) is 32.8. The molecule has 2 fully saturated rings. The Labute approximate surface area is 612 Å². The van der Waals surface area contributed by atoms with Gasteiger partial charge in [0.25, 0.3) is 0 Å². The highest BCUT2D eigenvalue weighted by atomic mass is 33.1. The number of fused-ring (bicyclic) bond motifs is 2. The zero-order valence-electron chi connectivity index (χ0n) is 65.9. The van der Waals surface area contributed by atoms with E-state index in [1.165, 1.54) is 120 Å². The molecule has 7 unspecified atom stereocenters. The fourth-order valence-electron chi connectivity index (χ4n) is 15.7. The average molecular weight is 1420 g/mol. The average Bonchev–Trinajstić information content (AvgIpc) is 0.767. The first kappa shape index (κ1) is 84.6. The summed E-state index contributed by atoms with van der Waals surface area (Å²) in [4.78, 5) is 62.0. The minimum atomic E-state index is -0.413. The number of hydrogen-bond acceptors (Lipinski definition) is 15. The van der Waals surface area contributed by atoms with Gasteiger partial charge in [0.05, 0.1) is 19.3 Å². The van der Waals surface area contributed by atoms with Crippen molar-refractivity contribution < 1.29 is 42.9 Å². The van der Waals surface area contributed by atoms with Crippen LogP contribution < -0.4 is 14.2 Å². The lowest BCUT2D eigenvalue weighted by Crippen LogP contribution is -2.48. The van der Waals surface area contributed by atoms with Gasteiger partial charge in [0.15, 0.2) is 0 Å². The number of hydrogen-bond donors (Lipinski definition) is 0. The van der Waals surface area contributed by atoms with Crippen molar-refractivity contribution in [2.45, 2.75) is 302 Å². The maximum absolute atomic E-state index is 13.4. The van der Waals surface area contributed by atoms with Crippen LogP contribution in [-0.4, -0.2) is 158 Å². The highest BCUT2D eigenvalue weighted by molar-refractivity contribution is 8.76. The van der Waals surface area contributed by atoms with Gasteiger partial charge in [-0.3, -0.25) is 38.8 Å². The fraction of sp³-hybridized carbons (Fsp3) is 0.810. The second-order valence-corrected chi connectivity index (χ2v) is 35.5. The Bertz CT molecular complexity index is 2780. The molecule has 2 aromatic rings. The largest absolute Gasteiger partial charge is 0.487 e. The van der Waals surface area contributed by atoms with Gasteiger partial charge in [0, 0.05) is 108 Å². The summed E-state index contributed by atoms with van der Waals surface area (Å²) in [7, 11) is 3.92. The van der Waals surface area contributed by atoms with Gasteiger partial charge < -0.3 is 23.7 Å². The molecule has 0 saturated carbocycles. The number of rotatable bonds is 47. The fourth-order valence-corrected chi connectivity index (χ4v) is 17.8. The van der Waals surface area contributed by atoms with Crippen LogP contribution in [0.1, 0.15) is 280 Å². The summed E-state index contributed by atoms with van der Waals surface area (Å²) in [5, 5.41) is 0. The lowest BCUT2D eigenvalue weighted by molar-refractivity contribution is -0.147. The first-order chi connectivity index (χ1) is 47.2. The molecule has 0 aliphatic carbocycles. The topological polar surface area (TPSA) is 127 Å². The molecule has 0 amide bonds. The zero-order chi connectivity index (χ0) is 72.1. The highest BCUT2D eigenvalue weighted by Gasteiger charge is 2.37. The number of ether oxygens (including phenoxy) is 5. The molecular formula is C84H142N4O9S2. The summed E-state index contributed by atoms with van der Waals surface area (Å²) in [6.07, 6.45) is 28.9. The van der Waals surface area contributed by atoms with Gasteiger partial charge in [0.1, 0.15) is 47.4 Å². The number of piperazine rings is 2. The van der Waals surface area contributed by atoms with E-state index in [1.807, 2.05) is 35.4 Å². The van der Waals surface area contributed by atoms with Gasteiger partial charge in [-0.2, -0.15) is 0 Å². The molecule has 4 heterocycles. The normalized spacial score (nSPS) is 20.1. The number of nitrogens with zero attached hydrogens (tertiary/aromatic N) is 4. The number of carbonyl (C=O) groups is 4. The quantitative estimate of drug-likeness (QED) is 0.0270. The molecule has 4 aliphatic rings. The van der Waals surface area contributed by atoms with Gasteiger partial charge in [-0.25, -0.2) is 0 Å². The van der Waals surface area contributed by atoms with E-state index in [1.54, 1.807) is 0 Å². The molecule has 2 saturated heterocycles. The summed E-state index contributed by atoms with van der Waals surface area (Å²) in [6.45, 7) is 48.3. The molecule has 2 aromatic carbocycles. The maximum atomic E-state index is 13.4. The van der Waals surface area contributed by atoms with Crippen molar-refractivity contribution in [3.05, 3.63) is 50.1 Å². The molecule has 15 heteroatoms. The summed E-state index contributed by atoms with van der Waals surface area (Å²) in [6, 6.07) is 0. The van der Waals surface area contributed by atoms with Gasteiger partial charge in [-0.05, 0) is 187 Å². The van der Waals surface area contributed by atoms with E-state index < -0.39 is 5.97 Å². The van der Waals surface area contributed by atoms with E-state index in [0.717, 1.165) is 208 Å². The lowest BCUT2D eigenvalue weighted by Gasteiger charge is -2.38. The van der Waals surface area contributed by atoms with Crippen molar-refractivity contribution >= 4 is 45.3 Å². The van der Waals surface area contributed by atoms with Crippen LogP contribution in [0.15, 0.2) is 0 Å². The van der Waals surface area contributed by atoms with Crippen LogP contribution in [0.2, 0.25) is 0 Å². The van der Waals surface area contributed by atoms with Crippen molar-refractivity contribution in [2.24, 2.45) is 35.5 Å². The van der Waals surface area contributed by atoms with E-state index in [4.69, 9.17) is 23.7 Å². The monoisotopic (exact) mass is 1420 g/mol.